The summed E-state index contributed by atoms with van der Waals surface area (Å²) in [5, 5.41) is 0. The Hall–Kier alpha value is -1.40. The van der Waals surface area contributed by atoms with Crippen LogP contribution in [0.4, 0.5) is 0 Å². The molecule has 3 rings (SSSR count). The van der Waals surface area contributed by atoms with Gasteiger partial charge in [0.25, 0.3) is 0 Å². The van der Waals surface area contributed by atoms with E-state index in [9.17, 15) is 13.2 Å². The van der Waals surface area contributed by atoms with Crippen LogP contribution in [0.2, 0.25) is 0 Å². The van der Waals surface area contributed by atoms with Crippen LogP contribution in [-0.4, -0.2) is 48.7 Å². The predicted molar refractivity (Wildman–Crippen MR) is 74.5 cm³/mol. The summed E-state index contributed by atoms with van der Waals surface area (Å²) in [4.78, 5) is 14.4. The van der Waals surface area contributed by atoms with Crippen molar-refractivity contribution in [1.82, 2.24) is 9.21 Å². The molecule has 0 spiro atoms. The lowest BCUT2D eigenvalue weighted by Gasteiger charge is -2.40. The van der Waals surface area contributed by atoms with Crippen molar-refractivity contribution in [1.29, 1.82) is 0 Å². The Morgan fingerprint density at radius 3 is 2.60 bits per heavy atom. The smallest absolute Gasteiger partial charge is 0.243 e. The van der Waals surface area contributed by atoms with Crippen molar-refractivity contribution in [2.24, 2.45) is 0 Å². The molecule has 1 aromatic carbocycles. The summed E-state index contributed by atoms with van der Waals surface area (Å²) in [6, 6.07) is 7.76. The van der Waals surface area contributed by atoms with Crippen LogP contribution in [0.3, 0.4) is 0 Å². The molecule has 1 aromatic rings. The van der Waals surface area contributed by atoms with Crippen molar-refractivity contribution in [2.45, 2.75) is 36.7 Å². The minimum Gasteiger partial charge on any atom is -0.337 e. The summed E-state index contributed by atoms with van der Waals surface area (Å²) < 4.78 is 26.7. The Balaban J connectivity index is 1.95. The Morgan fingerprint density at radius 1 is 1.20 bits per heavy atom. The van der Waals surface area contributed by atoms with Crippen LogP contribution in [0.15, 0.2) is 35.2 Å². The van der Waals surface area contributed by atoms with Crippen molar-refractivity contribution in [2.75, 3.05) is 13.1 Å². The van der Waals surface area contributed by atoms with Gasteiger partial charge in [0.2, 0.25) is 15.9 Å². The number of piperazine rings is 1. The van der Waals surface area contributed by atoms with E-state index in [-0.39, 0.29) is 16.8 Å². The van der Waals surface area contributed by atoms with E-state index in [1.807, 2.05) is 4.90 Å². The molecular formula is C14H18N2O3S. The molecule has 0 radical (unpaired) electrons. The molecule has 0 N–H and O–H groups in total. The number of sulfonamides is 1. The summed E-state index contributed by atoms with van der Waals surface area (Å²) in [5.74, 6) is -0.0711. The van der Waals surface area contributed by atoms with E-state index in [1.165, 1.54) is 4.31 Å². The topological polar surface area (TPSA) is 57.7 Å². The van der Waals surface area contributed by atoms with Crippen LogP contribution >= 0.6 is 0 Å². The summed E-state index contributed by atoms with van der Waals surface area (Å²) >= 11 is 0. The quantitative estimate of drug-likeness (QED) is 0.820. The van der Waals surface area contributed by atoms with E-state index in [0.29, 0.717) is 6.54 Å². The highest BCUT2D eigenvalue weighted by molar-refractivity contribution is 7.89. The monoisotopic (exact) mass is 294 g/mol. The van der Waals surface area contributed by atoms with E-state index in [0.717, 1.165) is 19.4 Å². The fraction of sp³-hybridized carbons (Fsp3) is 0.500. The average Bonchev–Trinajstić information content (AvgIpc) is 2.92. The Kier molecular flexibility index (Phi) is 3.30. The van der Waals surface area contributed by atoms with Crippen molar-refractivity contribution in [3.05, 3.63) is 30.3 Å². The van der Waals surface area contributed by atoms with Gasteiger partial charge in [-0.05, 0) is 31.9 Å². The Morgan fingerprint density at radius 2 is 1.90 bits per heavy atom. The molecule has 0 aromatic heterocycles. The zero-order valence-electron chi connectivity index (χ0n) is 11.4. The SMILES string of the molecule is C[C@@H]1C(=O)N2CCC[C@@H]2CN1S(=O)(=O)c1ccccc1. The summed E-state index contributed by atoms with van der Waals surface area (Å²) in [7, 11) is -3.60. The van der Waals surface area contributed by atoms with Gasteiger partial charge >= 0.3 is 0 Å². The molecule has 1 amide bonds. The van der Waals surface area contributed by atoms with E-state index in [4.69, 9.17) is 0 Å². The summed E-state index contributed by atoms with van der Waals surface area (Å²) in [5.41, 5.74) is 0. The number of hydrogen-bond donors (Lipinski definition) is 0. The normalized spacial score (nSPS) is 27.6. The van der Waals surface area contributed by atoms with Crippen LogP contribution in [0, 0.1) is 0 Å². The zero-order chi connectivity index (χ0) is 14.3. The van der Waals surface area contributed by atoms with Gasteiger partial charge in [0.05, 0.1) is 4.90 Å². The third kappa shape index (κ3) is 2.03. The molecule has 108 valence electrons. The highest BCUT2D eigenvalue weighted by Gasteiger charge is 2.45. The molecule has 0 saturated carbocycles. The van der Waals surface area contributed by atoms with E-state index >= 15 is 0 Å². The molecule has 20 heavy (non-hydrogen) atoms. The largest absolute Gasteiger partial charge is 0.337 e. The third-order valence-corrected chi connectivity index (χ3v) is 6.14. The average molecular weight is 294 g/mol. The molecule has 0 bridgehead atoms. The minimum absolute atomic E-state index is 0.0391. The van der Waals surface area contributed by atoms with Gasteiger partial charge in [0.1, 0.15) is 6.04 Å². The van der Waals surface area contributed by atoms with Crippen molar-refractivity contribution < 1.29 is 13.2 Å². The first-order valence-corrected chi connectivity index (χ1v) is 8.33. The molecule has 2 fully saturated rings. The number of amides is 1. The molecule has 2 atom stereocenters. The molecule has 2 aliphatic heterocycles. The first-order valence-electron chi connectivity index (χ1n) is 6.89. The Bertz CT molecular complexity index is 615. The van der Waals surface area contributed by atoms with Gasteiger partial charge in [-0.1, -0.05) is 18.2 Å². The molecule has 5 nitrogen and oxygen atoms in total. The van der Waals surface area contributed by atoms with Gasteiger partial charge in [-0.3, -0.25) is 4.79 Å². The number of carbonyl (C=O) groups is 1. The van der Waals surface area contributed by atoms with Crippen LogP contribution in [0.25, 0.3) is 0 Å². The molecule has 0 unspecified atom stereocenters. The lowest BCUT2D eigenvalue weighted by Crippen LogP contribution is -2.59. The third-order valence-electron chi connectivity index (χ3n) is 4.19. The molecule has 2 aliphatic rings. The van der Waals surface area contributed by atoms with E-state index in [1.54, 1.807) is 37.3 Å². The Labute approximate surface area is 119 Å². The molecular weight excluding hydrogens is 276 g/mol. The van der Waals surface area contributed by atoms with Crippen molar-refractivity contribution >= 4 is 15.9 Å². The maximum absolute atomic E-state index is 12.7. The first kappa shape index (κ1) is 13.6. The number of fused-ring (bicyclic) bond motifs is 1. The molecule has 6 heteroatoms. The van der Waals surface area contributed by atoms with Crippen LogP contribution < -0.4 is 0 Å². The first-order chi connectivity index (χ1) is 9.51. The zero-order valence-corrected chi connectivity index (χ0v) is 12.2. The predicted octanol–water partition coefficient (Wildman–Crippen LogP) is 1.07. The molecule has 2 saturated heterocycles. The number of carbonyl (C=O) groups excluding carboxylic acids is 1. The second-order valence-electron chi connectivity index (χ2n) is 5.39. The van der Waals surface area contributed by atoms with Crippen molar-refractivity contribution in [3.63, 3.8) is 0 Å². The second kappa shape index (κ2) is 4.86. The summed E-state index contributed by atoms with van der Waals surface area (Å²) in [6.45, 7) is 2.84. The highest BCUT2D eigenvalue weighted by atomic mass is 32.2. The van der Waals surface area contributed by atoms with Crippen LogP contribution in [0.5, 0.6) is 0 Å². The summed E-state index contributed by atoms with van der Waals surface area (Å²) in [6.07, 6.45) is 1.85. The maximum atomic E-state index is 12.7. The van der Waals surface area contributed by atoms with Gasteiger partial charge in [0.15, 0.2) is 0 Å². The van der Waals surface area contributed by atoms with Gasteiger partial charge in [-0.15, -0.1) is 0 Å². The van der Waals surface area contributed by atoms with Gasteiger partial charge < -0.3 is 4.90 Å². The second-order valence-corrected chi connectivity index (χ2v) is 7.28. The molecule has 2 heterocycles. The lowest BCUT2D eigenvalue weighted by atomic mass is 10.1. The van der Waals surface area contributed by atoms with Crippen LogP contribution in [0.1, 0.15) is 19.8 Å². The van der Waals surface area contributed by atoms with Crippen LogP contribution in [-0.2, 0) is 14.8 Å². The standard InChI is InChI=1S/C14H18N2O3S/c1-11-14(17)15-9-5-6-12(15)10-16(11)20(18,19)13-7-3-2-4-8-13/h2-4,7-8,11-12H,5-6,9-10H2,1H3/t11-,12-/m1/s1. The maximum Gasteiger partial charge on any atom is 0.243 e. The lowest BCUT2D eigenvalue weighted by molar-refractivity contribution is -0.139. The van der Waals surface area contributed by atoms with Gasteiger partial charge in [-0.25, -0.2) is 8.42 Å². The highest BCUT2D eigenvalue weighted by Crippen LogP contribution is 2.29. The van der Waals surface area contributed by atoms with E-state index in [2.05, 4.69) is 0 Å². The number of benzene rings is 1. The molecule has 0 aliphatic carbocycles. The van der Waals surface area contributed by atoms with E-state index < -0.39 is 16.1 Å². The fourth-order valence-corrected chi connectivity index (χ4v) is 4.73. The minimum atomic E-state index is -3.60. The fourth-order valence-electron chi connectivity index (χ4n) is 3.08. The number of nitrogens with zero attached hydrogens (tertiary/aromatic N) is 2. The number of rotatable bonds is 2. The number of hydrogen-bond acceptors (Lipinski definition) is 3. The van der Waals surface area contributed by atoms with Gasteiger partial charge in [0, 0.05) is 19.1 Å². The van der Waals surface area contributed by atoms with Gasteiger partial charge in [-0.2, -0.15) is 4.31 Å². The van der Waals surface area contributed by atoms with Crippen molar-refractivity contribution in [3.8, 4) is 0 Å².